The van der Waals surface area contributed by atoms with Crippen molar-refractivity contribution in [1.82, 2.24) is 9.97 Å². The lowest BCUT2D eigenvalue weighted by Gasteiger charge is -2.12. The van der Waals surface area contributed by atoms with Gasteiger partial charge in [0.1, 0.15) is 23.7 Å². The molecular formula is C16H14FN3O3. The van der Waals surface area contributed by atoms with Gasteiger partial charge in [-0.1, -0.05) is 0 Å². The van der Waals surface area contributed by atoms with Crippen LogP contribution in [0.25, 0.3) is 10.9 Å². The fourth-order valence-electron chi connectivity index (χ4n) is 2.22. The van der Waals surface area contributed by atoms with Crippen molar-refractivity contribution >= 4 is 22.4 Å². The predicted molar refractivity (Wildman–Crippen MR) is 83.8 cm³/mol. The quantitative estimate of drug-likeness (QED) is 0.688. The Hall–Kier alpha value is -3.09. The summed E-state index contributed by atoms with van der Waals surface area (Å²) in [6.07, 6.45) is 1.29. The minimum atomic E-state index is -0.516. The van der Waals surface area contributed by atoms with E-state index < -0.39 is 5.82 Å². The summed E-state index contributed by atoms with van der Waals surface area (Å²) in [5.74, 6) is -0.0119. The van der Waals surface area contributed by atoms with Crippen molar-refractivity contribution in [2.75, 3.05) is 12.4 Å². The molecule has 0 saturated heterocycles. The van der Waals surface area contributed by atoms with Crippen LogP contribution in [0.1, 0.15) is 5.56 Å². The first-order valence-electron chi connectivity index (χ1n) is 6.77. The summed E-state index contributed by atoms with van der Waals surface area (Å²) >= 11 is 0. The molecule has 0 aliphatic carbocycles. The zero-order valence-electron chi connectivity index (χ0n) is 12.5. The summed E-state index contributed by atoms with van der Waals surface area (Å²) in [6, 6.07) is 5.51. The maximum atomic E-state index is 14.0. The summed E-state index contributed by atoms with van der Waals surface area (Å²) in [5.41, 5.74) is 0.991. The Morgan fingerprint density at radius 1 is 1.09 bits per heavy atom. The van der Waals surface area contributed by atoms with Gasteiger partial charge in [-0.2, -0.15) is 0 Å². The van der Waals surface area contributed by atoms with Crippen LogP contribution in [0.3, 0.4) is 0 Å². The van der Waals surface area contributed by atoms with E-state index in [1.54, 1.807) is 13.0 Å². The third kappa shape index (κ3) is 2.68. The number of rotatable bonds is 3. The molecule has 0 atom stereocenters. The fourth-order valence-corrected chi connectivity index (χ4v) is 2.22. The van der Waals surface area contributed by atoms with Gasteiger partial charge in [-0.05, 0) is 24.6 Å². The van der Waals surface area contributed by atoms with Crippen LogP contribution in [-0.4, -0.2) is 27.3 Å². The van der Waals surface area contributed by atoms with E-state index in [1.807, 2.05) is 0 Å². The van der Waals surface area contributed by atoms with E-state index in [1.165, 1.54) is 31.6 Å². The van der Waals surface area contributed by atoms with Crippen molar-refractivity contribution in [3.05, 3.63) is 42.0 Å². The Balaban J connectivity index is 2.12. The molecule has 0 aliphatic rings. The lowest BCUT2D eigenvalue weighted by Crippen LogP contribution is -1.99. The second-order valence-electron chi connectivity index (χ2n) is 5.01. The van der Waals surface area contributed by atoms with Crippen LogP contribution >= 0.6 is 0 Å². The molecule has 2 aromatic carbocycles. The Kier molecular flexibility index (Phi) is 3.61. The standard InChI is InChI=1S/C16H14FN3O3/c1-8-3-10(17)12(6-13(8)21)20-16-9-4-15(23-2)14(22)5-11(9)18-7-19-16/h3-7,21-22H,1-2H3,(H,18,19,20). The largest absolute Gasteiger partial charge is 0.508 e. The predicted octanol–water partition coefficient (Wildman–Crippen LogP) is 3.24. The van der Waals surface area contributed by atoms with Gasteiger partial charge in [0.05, 0.1) is 18.3 Å². The summed E-state index contributed by atoms with van der Waals surface area (Å²) in [5, 5.41) is 22.9. The third-order valence-corrected chi connectivity index (χ3v) is 3.47. The summed E-state index contributed by atoms with van der Waals surface area (Å²) in [7, 11) is 1.43. The van der Waals surface area contributed by atoms with Gasteiger partial charge in [-0.15, -0.1) is 0 Å². The number of hydrogen-bond donors (Lipinski definition) is 3. The van der Waals surface area contributed by atoms with Gasteiger partial charge in [0.2, 0.25) is 0 Å². The van der Waals surface area contributed by atoms with Crippen molar-refractivity contribution in [2.24, 2.45) is 0 Å². The Morgan fingerprint density at radius 2 is 1.87 bits per heavy atom. The second-order valence-corrected chi connectivity index (χ2v) is 5.01. The highest BCUT2D eigenvalue weighted by molar-refractivity contribution is 5.93. The number of halogens is 1. The first-order valence-corrected chi connectivity index (χ1v) is 6.77. The zero-order valence-corrected chi connectivity index (χ0v) is 12.5. The molecule has 0 spiro atoms. The van der Waals surface area contributed by atoms with Gasteiger partial charge in [0.25, 0.3) is 0 Å². The average Bonchev–Trinajstić information content (AvgIpc) is 2.52. The molecule has 1 aromatic heterocycles. The average molecular weight is 315 g/mol. The molecule has 7 heteroatoms. The molecule has 0 bridgehead atoms. The van der Waals surface area contributed by atoms with Gasteiger partial charge in [0.15, 0.2) is 11.5 Å². The topological polar surface area (TPSA) is 87.5 Å². The van der Waals surface area contributed by atoms with Crippen LogP contribution in [0.5, 0.6) is 17.2 Å². The number of hydrogen-bond acceptors (Lipinski definition) is 6. The minimum Gasteiger partial charge on any atom is -0.508 e. The molecule has 0 radical (unpaired) electrons. The number of aromatic nitrogens is 2. The number of aryl methyl sites for hydroxylation is 1. The molecule has 3 aromatic rings. The maximum absolute atomic E-state index is 14.0. The lowest BCUT2D eigenvalue weighted by atomic mass is 10.1. The lowest BCUT2D eigenvalue weighted by molar-refractivity contribution is 0.374. The van der Waals surface area contributed by atoms with Crippen LogP contribution in [0.4, 0.5) is 15.9 Å². The van der Waals surface area contributed by atoms with Gasteiger partial charge < -0.3 is 20.3 Å². The van der Waals surface area contributed by atoms with Crippen molar-refractivity contribution < 1.29 is 19.3 Å². The first kappa shape index (κ1) is 14.8. The van der Waals surface area contributed by atoms with Crippen LogP contribution in [0, 0.1) is 12.7 Å². The third-order valence-electron chi connectivity index (χ3n) is 3.47. The summed E-state index contributed by atoms with van der Waals surface area (Å²) < 4.78 is 19.1. The zero-order chi connectivity index (χ0) is 16.6. The molecule has 118 valence electrons. The molecule has 0 amide bonds. The van der Waals surface area contributed by atoms with E-state index >= 15 is 0 Å². The molecule has 3 rings (SSSR count). The number of anilines is 2. The number of aromatic hydroxyl groups is 2. The van der Waals surface area contributed by atoms with Gasteiger partial charge in [0, 0.05) is 17.5 Å². The molecule has 3 N–H and O–H groups in total. The van der Waals surface area contributed by atoms with E-state index in [4.69, 9.17) is 4.74 Å². The van der Waals surface area contributed by atoms with Gasteiger partial charge in [-0.25, -0.2) is 14.4 Å². The number of phenolic OH excluding ortho intramolecular Hbond substituents is 2. The van der Waals surface area contributed by atoms with Crippen LogP contribution in [0.2, 0.25) is 0 Å². The number of benzene rings is 2. The van der Waals surface area contributed by atoms with Gasteiger partial charge in [-0.3, -0.25) is 0 Å². The first-order chi connectivity index (χ1) is 11.0. The smallest absolute Gasteiger partial charge is 0.161 e. The number of fused-ring (bicyclic) bond motifs is 1. The Labute approximate surface area is 131 Å². The molecule has 0 fully saturated rings. The number of ether oxygens (including phenoxy) is 1. The second kappa shape index (κ2) is 5.60. The maximum Gasteiger partial charge on any atom is 0.161 e. The fraction of sp³-hybridized carbons (Fsp3) is 0.125. The molecule has 23 heavy (non-hydrogen) atoms. The van der Waals surface area contributed by atoms with E-state index in [-0.39, 0.29) is 22.9 Å². The normalized spacial score (nSPS) is 10.7. The highest BCUT2D eigenvalue weighted by Crippen LogP contribution is 2.34. The SMILES string of the molecule is COc1cc2c(Nc3cc(O)c(C)cc3F)ncnc2cc1O. The van der Waals surface area contributed by atoms with Crippen LogP contribution < -0.4 is 10.1 Å². The van der Waals surface area contributed by atoms with E-state index in [9.17, 15) is 14.6 Å². The van der Waals surface area contributed by atoms with Crippen molar-refractivity contribution in [1.29, 1.82) is 0 Å². The number of nitrogens with zero attached hydrogens (tertiary/aromatic N) is 2. The van der Waals surface area contributed by atoms with Crippen molar-refractivity contribution in [2.45, 2.75) is 6.92 Å². The molecule has 6 nitrogen and oxygen atoms in total. The number of methoxy groups -OCH3 is 1. The molecule has 1 heterocycles. The molecule has 0 saturated carbocycles. The van der Waals surface area contributed by atoms with Crippen LogP contribution in [0.15, 0.2) is 30.6 Å². The van der Waals surface area contributed by atoms with Gasteiger partial charge >= 0.3 is 0 Å². The molecule has 0 unspecified atom stereocenters. The highest BCUT2D eigenvalue weighted by Gasteiger charge is 2.12. The minimum absolute atomic E-state index is 0.0255. The highest BCUT2D eigenvalue weighted by atomic mass is 19.1. The Morgan fingerprint density at radius 3 is 2.61 bits per heavy atom. The monoisotopic (exact) mass is 315 g/mol. The van der Waals surface area contributed by atoms with Crippen molar-refractivity contribution in [3.63, 3.8) is 0 Å². The molecular weight excluding hydrogens is 301 g/mol. The van der Waals surface area contributed by atoms with E-state index in [0.29, 0.717) is 22.3 Å². The van der Waals surface area contributed by atoms with Crippen LogP contribution in [-0.2, 0) is 0 Å². The summed E-state index contributed by atoms with van der Waals surface area (Å²) in [6.45, 7) is 1.61. The van der Waals surface area contributed by atoms with E-state index in [2.05, 4.69) is 15.3 Å². The summed E-state index contributed by atoms with van der Waals surface area (Å²) in [4.78, 5) is 8.16. The molecule has 0 aliphatic heterocycles. The number of nitrogens with one attached hydrogen (secondary N) is 1. The van der Waals surface area contributed by atoms with E-state index in [0.717, 1.165) is 0 Å². The van der Waals surface area contributed by atoms with Crippen molar-refractivity contribution in [3.8, 4) is 17.2 Å². The number of phenols is 2. The Bertz CT molecular complexity index is 899.